The third-order valence-electron chi connectivity index (χ3n) is 0.902. The summed E-state index contributed by atoms with van der Waals surface area (Å²) < 4.78 is 0. The molecule has 0 aliphatic carbocycles. The molecule has 1 aromatic rings. The lowest BCUT2D eigenvalue weighted by molar-refractivity contribution is 0.936. The second-order valence-corrected chi connectivity index (χ2v) is 2.28. The van der Waals surface area contributed by atoms with Crippen LogP contribution in [0.3, 0.4) is 0 Å². The highest BCUT2D eigenvalue weighted by molar-refractivity contribution is 8.00. The Kier molecular flexibility index (Phi) is 2.05. The van der Waals surface area contributed by atoms with Crippen molar-refractivity contribution in [2.75, 3.05) is 0 Å². The summed E-state index contributed by atoms with van der Waals surface area (Å²) in [6.45, 7) is 1.93. The number of thioether (sulfide) groups is 1. The van der Waals surface area contributed by atoms with Crippen LogP contribution < -0.4 is 0 Å². The fraction of sp³-hybridized carbons (Fsp3) is 0.167. The molecule has 1 rings (SSSR count). The summed E-state index contributed by atoms with van der Waals surface area (Å²) >= 11 is 1.31. The number of rotatable bonds is 1. The van der Waals surface area contributed by atoms with Gasteiger partial charge in [0.15, 0.2) is 5.16 Å². The van der Waals surface area contributed by atoms with Gasteiger partial charge < -0.3 is 0 Å². The molecule has 0 unspecified atom stereocenters. The van der Waals surface area contributed by atoms with Crippen LogP contribution in [0.2, 0.25) is 0 Å². The molecule has 0 aromatic carbocycles. The van der Waals surface area contributed by atoms with Gasteiger partial charge in [-0.1, -0.05) is 11.8 Å². The first-order valence-electron chi connectivity index (χ1n) is 2.54. The van der Waals surface area contributed by atoms with Crippen molar-refractivity contribution in [2.45, 2.75) is 12.1 Å². The van der Waals surface area contributed by atoms with Crippen LogP contribution in [-0.4, -0.2) is 9.97 Å². The van der Waals surface area contributed by atoms with E-state index in [1.165, 1.54) is 11.8 Å². The van der Waals surface area contributed by atoms with Gasteiger partial charge in [0.1, 0.15) is 0 Å². The van der Waals surface area contributed by atoms with Gasteiger partial charge in [0.25, 0.3) is 0 Å². The van der Waals surface area contributed by atoms with Crippen LogP contribution in [0.1, 0.15) is 5.69 Å². The molecule has 2 nitrogen and oxygen atoms in total. The van der Waals surface area contributed by atoms with Gasteiger partial charge in [-0.3, -0.25) is 0 Å². The van der Waals surface area contributed by atoms with Gasteiger partial charge >= 0.3 is 0 Å². The molecule has 0 N–H and O–H groups in total. The minimum Gasteiger partial charge on any atom is -0.231 e. The Hall–Kier alpha value is -0.570. The van der Waals surface area contributed by atoms with Crippen molar-refractivity contribution in [3.05, 3.63) is 24.2 Å². The summed E-state index contributed by atoms with van der Waals surface area (Å²) in [7, 11) is 0. The standard InChI is InChI=1S/C6H7N2S/c1-5-3-4-7-6(8-5)9-2/h3-4H,2H2,1H3. The molecule has 0 amide bonds. The Morgan fingerprint density at radius 3 is 2.89 bits per heavy atom. The summed E-state index contributed by atoms with van der Waals surface area (Å²) in [4.78, 5) is 8.03. The van der Waals surface area contributed by atoms with E-state index >= 15 is 0 Å². The number of hydrogen-bond donors (Lipinski definition) is 0. The van der Waals surface area contributed by atoms with E-state index < -0.39 is 0 Å². The molecule has 0 fully saturated rings. The fourth-order valence-corrected chi connectivity index (χ4v) is 0.839. The van der Waals surface area contributed by atoms with E-state index in [0.29, 0.717) is 0 Å². The lowest BCUT2D eigenvalue weighted by Crippen LogP contribution is -1.85. The van der Waals surface area contributed by atoms with Gasteiger partial charge in [-0.25, -0.2) is 9.97 Å². The Bertz CT molecular complexity index is 200. The molecule has 0 bridgehead atoms. The Morgan fingerprint density at radius 1 is 1.67 bits per heavy atom. The van der Waals surface area contributed by atoms with Gasteiger partial charge in [0.05, 0.1) is 0 Å². The maximum Gasteiger partial charge on any atom is 0.187 e. The van der Waals surface area contributed by atoms with E-state index in [-0.39, 0.29) is 0 Å². The smallest absolute Gasteiger partial charge is 0.187 e. The Morgan fingerprint density at radius 2 is 2.44 bits per heavy atom. The van der Waals surface area contributed by atoms with Crippen LogP contribution >= 0.6 is 11.8 Å². The van der Waals surface area contributed by atoms with E-state index in [0.717, 1.165) is 10.9 Å². The maximum absolute atomic E-state index is 4.08. The molecule has 3 heteroatoms. The third-order valence-corrected chi connectivity index (χ3v) is 1.36. The van der Waals surface area contributed by atoms with Crippen molar-refractivity contribution in [3.8, 4) is 0 Å². The first-order valence-corrected chi connectivity index (χ1v) is 3.53. The summed E-state index contributed by atoms with van der Waals surface area (Å²) in [5.41, 5.74) is 0.983. The van der Waals surface area contributed by atoms with Crippen molar-refractivity contribution in [1.82, 2.24) is 9.97 Å². The van der Waals surface area contributed by atoms with Crippen molar-refractivity contribution < 1.29 is 0 Å². The monoisotopic (exact) mass is 139 g/mol. The summed E-state index contributed by atoms with van der Waals surface area (Å²) in [5, 5.41) is 0.731. The van der Waals surface area contributed by atoms with Gasteiger partial charge in [0, 0.05) is 18.1 Å². The number of hydrogen-bond acceptors (Lipinski definition) is 3. The largest absolute Gasteiger partial charge is 0.231 e. The molecule has 0 spiro atoms. The normalized spacial score (nSPS) is 9.56. The van der Waals surface area contributed by atoms with E-state index in [9.17, 15) is 0 Å². The van der Waals surface area contributed by atoms with Crippen LogP contribution in [0.4, 0.5) is 0 Å². The first kappa shape index (κ1) is 6.55. The van der Waals surface area contributed by atoms with Crippen LogP contribution in [0, 0.1) is 13.2 Å². The zero-order valence-corrected chi connectivity index (χ0v) is 5.98. The molecule has 1 heterocycles. The number of nitrogens with zero attached hydrogens (tertiary/aromatic N) is 2. The lowest BCUT2D eigenvalue weighted by Gasteiger charge is -1.92. The molecule has 47 valence electrons. The highest BCUT2D eigenvalue weighted by Crippen LogP contribution is 2.07. The minimum atomic E-state index is 0.731. The minimum absolute atomic E-state index is 0.731. The van der Waals surface area contributed by atoms with Gasteiger partial charge in [-0.05, 0) is 13.0 Å². The molecule has 0 atom stereocenters. The van der Waals surface area contributed by atoms with E-state index in [1.54, 1.807) is 6.20 Å². The lowest BCUT2D eigenvalue weighted by atomic mass is 10.5. The van der Waals surface area contributed by atoms with E-state index in [1.807, 2.05) is 13.0 Å². The summed E-state index contributed by atoms with van der Waals surface area (Å²) in [6, 6.07) is 1.86. The van der Waals surface area contributed by atoms with Crippen LogP contribution in [0.5, 0.6) is 0 Å². The molecule has 0 aliphatic rings. The van der Waals surface area contributed by atoms with Crippen molar-refractivity contribution in [3.63, 3.8) is 0 Å². The summed E-state index contributed by atoms with van der Waals surface area (Å²) in [6.07, 6.45) is 5.32. The van der Waals surface area contributed by atoms with Crippen molar-refractivity contribution in [1.29, 1.82) is 0 Å². The third kappa shape index (κ3) is 1.68. The zero-order valence-electron chi connectivity index (χ0n) is 5.16. The van der Waals surface area contributed by atoms with Crippen molar-refractivity contribution in [2.24, 2.45) is 0 Å². The molecular formula is C6H7N2S. The van der Waals surface area contributed by atoms with E-state index in [4.69, 9.17) is 0 Å². The van der Waals surface area contributed by atoms with Crippen LogP contribution in [-0.2, 0) is 0 Å². The second kappa shape index (κ2) is 2.82. The SMILES string of the molecule is [CH2]Sc1nccc(C)n1. The molecule has 0 aliphatic heterocycles. The van der Waals surface area contributed by atoms with Crippen LogP contribution in [0.15, 0.2) is 17.4 Å². The number of aromatic nitrogens is 2. The molecular weight excluding hydrogens is 132 g/mol. The summed E-state index contributed by atoms with van der Waals surface area (Å²) in [5.74, 6) is 0. The van der Waals surface area contributed by atoms with Crippen molar-refractivity contribution >= 4 is 11.8 Å². The Balaban J connectivity index is 2.94. The maximum atomic E-state index is 4.08. The molecule has 1 aromatic heterocycles. The topological polar surface area (TPSA) is 25.8 Å². The first-order chi connectivity index (χ1) is 4.33. The molecule has 0 saturated heterocycles. The van der Waals surface area contributed by atoms with Crippen LogP contribution in [0.25, 0.3) is 0 Å². The predicted molar refractivity (Wildman–Crippen MR) is 38.0 cm³/mol. The fourth-order valence-electron chi connectivity index (χ4n) is 0.495. The average molecular weight is 139 g/mol. The van der Waals surface area contributed by atoms with Gasteiger partial charge in [0.2, 0.25) is 0 Å². The number of aryl methyl sites for hydroxylation is 1. The second-order valence-electron chi connectivity index (χ2n) is 1.62. The zero-order chi connectivity index (χ0) is 6.69. The predicted octanol–water partition coefficient (Wildman–Crippen LogP) is 1.67. The van der Waals surface area contributed by atoms with E-state index in [2.05, 4.69) is 16.2 Å². The van der Waals surface area contributed by atoms with Gasteiger partial charge in [-0.15, -0.1) is 0 Å². The molecule has 0 saturated carbocycles. The highest BCUT2D eigenvalue weighted by atomic mass is 32.2. The molecule has 9 heavy (non-hydrogen) atoms. The van der Waals surface area contributed by atoms with Gasteiger partial charge in [-0.2, -0.15) is 0 Å². The quantitative estimate of drug-likeness (QED) is 0.437. The average Bonchev–Trinajstić information content (AvgIpc) is 1.88. The molecule has 1 radical (unpaired) electrons. The highest BCUT2D eigenvalue weighted by Gasteiger charge is 1.89. The Labute approximate surface area is 58.7 Å².